The third-order valence-corrected chi connectivity index (χ3v) is 5.58. The Bertz CT molecular complexity index is 302. The Hall–Kier alpha value is -0.160. The Morgan fingerprint density at radius 3 is 2.43 bits per heavy atom. The van der Waals surface area contributed by atoms with E-state index in [9.17, 15) is 0 Å². The monoisotopic (exact) mass is 297 g/mol. The molecule has 1 unspecified atom stereocenters. The van der Waals surface area contributed by atoms with Gasteiger partial charge in [-0.25, -0.2) is 0 Å². The van der Waals surface area contributed by atoms with Gasteiger partial charge in [0.25, 0.3) is 0 Å². The molecule has 0 saturated carbocycles. The second-order valence-electron chi connectivity index (χ2n) is 7.05. The Kier molecular flexibility index (Phi) is 6.48. The highest BCUT2D eigenvalue weighted by Crippen LogP contribution is 2.31. The number of rotatable bonds is 5. The molecule has 124 valence electrons. The molecule has 0 bridgehead atoms. The van der Waals surface area contributed by atoms with Gasteiger partial charge in [-0.3, -0.25) is 4.90 Å². The standard InChI is InChI=1S/C17H35N3O/c1-4-21-16-6-11-20(12-7-16)17(14-18)8-5-10-19(13-9-17)15(2)3/h15-16H,4-14,18H2,1-3H3. The van der Waals surface area contributed by atoms with Gasteiger partial charge in [0.15, 0.2) is 0 Å². The fourth-order valence-corrected chi connectivity index (χ4v) is 4.10. The second kappa shape index (κ2) is 7.91. The van der Waals surface area contributed by atoms with E-state index in [1.54, 1.807) is 0 Å². The van der Waals surface area contributed by atoms with E-state index in [0.717, 1.165) is 26.2 Å². The molecule has 21 heavy (non-hydrogen) atoms. The van der Waals surface area contributed by atoms with Gasteiger partial charge in [-0.05, 0) is 59.4 Å². The van der Waals surface area contributed by atoms with Crippen molar-refractivity contribution in [2.75, 3.05) is 39.3 Å². The third-order valence-electron chi connectivity index (χ3n) is 5.58. The lowest BCUT2D eigenvalue weighted by Gasteiger charge is -2.46. The average Bonchev–Trinajstić information content (AvgIpc) is 2.72. The van der Waals surface area contributed by atoms with Gasteiger partial charge in [0, 0.05) is 44.4 Å². The lowest BCUT2D eigenvalue weighted by Crippen LogP contribution is -2.57. The summed E-state index contributed by atoms with van der Waals surface area (Å²) in [7, 11) is 0. The second-order valence-corrected chi connectivity index (χ2v) is 7.05. The summed E-state index contributed by atoms with van der Waals surface area (Å²) < 4.78 is 5.79. The molecule has 2 heterocycles. The summed E-state index contributed by atoms with van der Waals surface area (Å²) in [6, 6.07) is 0.655. The van der Waals surface area contributed by atoms with Crippen molar-refractivity contribution in [3.63, 3.8) is 0 Å². The van der Waals surface area contributed by atoms with Crippen LogP contribution in [0.4, 0.5) is 0 Å². The van der Waals surface area contributed by atoms with Crippen LogP contribution in [0.5, 0.6) is 0 Å². The first-order chi connectivity index (χ1) is 10.1. The Morgan fingerprint density at radius 2 is 1.86 bits per heavy atom. The van der Waals surface area contributed by atoms with Crippen molar-refractivity contribution in [1.29, 1.82) is 0 Å². The van der Waals surface area contributed by atoms with Gasteiger partial charge in [-0.15, -0.1) is 0 Å². The lowest BCUT2D eigenvalue weighted by molar-refractivity contribution is -0.0224. The van der Waals surface area contributed by atoms with Crippen molar-refractivity contribution in [1.82, 2.24) is 9.80 Å². The van der Waals surface area contributed by atoms with Gasteiger partial charge in [0.1, 0.15) is 0 Å². The highest BCUT2D eigenvalue weighted by Gasteiger charge is 2.39. The van der Waals surface area contributed by atoms with Crippen molar-refractivity contribution in [2.24, 2.45) is 5.73 Å². The lowest BCUT2D eigenvalue weighted by atomic mass is 9.86. The largest absolute Gasteiger partial charge is 0.378 e. The van der Waals surface area contributed by atoms with Gasteiger partial charge in [-0.2, -0.15) is 0 Å². The highest BCUT2D eigenvalue weighted by atomic mass is 16.5. The van der Waals surface area contributed by atoms with Crippen LogP contribution < -0.4 is 5.73 Å². The highest BCUT2D eigenvalue weighted by molar-refractivity contribution is 4.96. The number of piperidine rings is 1. The predicted octanol–water partition coefficient (Wildman–Crippen LogP) is 2.08. The molecule has 2 saturated heterocycles. The van der Waals surface area contributed by atoms with Crippen LogP contribution in [0.15, 0.2) is 0 Å². The summed E-state index contributed by atoms with van der Waals surface area (Å²) in [5, 5.41) is 0. The molecule has 0 spiro atoms. The molecule has 1 atom stereocenters. The summed E-state index contributed by atoms with van der Waals surface area (Å²) in [6.45, 7) is 13.1. The van der Waals surface area contributed by atoms with E-state index in [1.807, 2.05) is 0 Å². The van der Waals surface area contributed by atoms with Crippen molar-refractivity contribution >= 4 is 0 Å². The third kappa shape index (κ3) is 4.19. The molecule has 0 aliphatic carbocycles. The topological polar surface area (TPSA) is 41.7 Å². The molecule has 2 fully saturated rings. The van der Waals surface area contributed by atoms with E-state index in [2.05, 4.69) is 30.6 Å². The number of hydrogen-bond acceptors (Lipinski definition) is 4. The smallest absolute Gasteiger partial charge is 0.0599 e. The predicted molar refractivity (Wildman–Crippen MR) is 88.6 cm³/mol. The van der Waals surface area contributed by atoms with Crippen LogP contribution in [-0.2, 0) is 4.74 Å². The first kappa shape index (κ1) is 17.2. The quantitative estimate of drug-likeness (QED) is 0.843. The Labute approximate surface area is 131 Å². The van der Waals surface area contributed by atoms with E-state index in [0.29, 0.717) is 12.1 Å². The average molecular weight is 297 g/mol. The first-order valence-corrected chi connectivity index (χ1v) is 8.92. The Balaban J connectivity index is 1.95. The van der Waals surface area contributed by atoms with Crippen molar-refractivity contribution in [3.8, 4) is 0 Å². The molecule has 2 rings (SSSR count). The molecule has 2 aliphatic rings. The summed E-state index contributed by atoms with van der Waals surface area (Å²) in [4.78, 5) is 5.30. The van der Waals surface area contributed by atoms with Crippen LogP contribution in [0.1, 0.15) is 52.9 Å². The summed E-state index contributed by atoms with van der Waals surface area (Å²) in [6.07, 6.45) is 6.57. The molecule has 4 nitrogen and oxygen atoms in total. The number of nitrogens with two attached hydrogens (primary N) is 1. The zero-order valence-corrected chi connectivity index (χ0v) is 14.3. The molecule has 4 heteroatoms. The SMILES string of the molecule is CCOC1CCN(C2(CN)CCCN(C(C)C)CC2)CC1. The van der Waals surface area contributed by atoms with Crippen LogP contribution in [-0.4, -0.2) is 66.8 Å². The molecule has 2 N–H and O–H groups in total. The molecular weight excluding hydrogens is 262 g/mol. The summed E-state index contributed by atoms with van der Waals surface area (Å²) in [5.74, 6) is 0. The number of ether oxygens (including phenoxy) is 1. The molecule has 2 aliphatic heterocycles. The van der Waals surface area contributed by atoms with Gasteiger partial charge in [0.05, 0.1) is 6.10 Å². The normalized spacial score (nSPS) is 30.7. The zero-order chi connectivity index (χ0) is 15.3. The fraction of sp³-hybridized carbons (Fsp3) is 1.00. The van der Waals surface area contributed by atoms with Crippen LogP contribution in [0.3, 0.4) is 0 Å². The molecular formula is C17H35N3O. The van der Waals surface area contributed by atoms with Gasteiger partial charge < -0.3 is 15.4 Å². The molecule has 0 aromatic rings. The molecule has 0 amide bonds. The van der Waals surface area contributed by atoms with Crippen LogP contribution in [0.25, 0.3) is 0 Å². The molecule has 0 aromatic carbocycles. The first-order valence-electron chi connectivity index (χ1n) is 8.92. The number of hydrogen-bond donors (Lipinski definition) is 1. The maximum absolute atomic E-state index is 6.26. The van der Waals surface area contributed by atoms with E-state index in [4.69, 9.17) is 10.5 Å². The van der Waals surface area contributed by atoms with E-state index in [1.165, 1.54) is 45.2 Å². The van der Waals surface area contributed by atoms with Gasteiger partial charge in [-0.1, -0.05) is 0 Å². The van der Waals surface area contributed by atoms with E-state index < -0.39 is 0 Å². The van der Waals surface area contributed by atoms with Gasteiger partial charge in [0.2, 0.25) is 0 Å². The minimum absolute atomic E-state index is 0.237. The van der Waals surface area contributed by atoms with Crippen LogP contribution in [0.2, 0.25) is 0 Å². The minimum atomic E-state index is 0.237. The fourth-order valence-electron chi connectivity index (χ4n) is 4.10. The molecule has 0 aromatic heterocycles. The van der Waals surface area contributed by atoms with Crippen molar-refractivity contribution < 1.29 is 4.74 Å². The maximum atomic E-state index is 6.26. The van der Waals surface area contributed by atoms with Crippen LogP contribution in [0, 0.1) is 0 Å². The number of likely N-dealkylation sites (tertiary alicyclic amines) is 2. The maximum Gasteiger partial charge on any atom is 0.0599 e. The Morgan fingerprint density at radius 1 is 1.14 bits per heavy atom. The van der Waals surface area contributed by atoms with E-state index in [-0.39, 0.29) is 5.54 Å². The van der Waals surface area contributed by atoms with Crippen molar-refractivity contribution in [2.45, 2.75) is 70.6 Å². The zero-order valence-electron chi connectivity index (χ0n) is 14.3. The van der Waals surface area contributed by atoms with Gasteiger partial charge >= 0.3 is 0 Å². The van der Waals surface area contributed by atoms with Crippen molar-refractivity contribution in [3.05, 3.63) is 0 Å². The van der Waals surface area contributed by atoms with Crippen LogP contribution >= 0.6 is 0 Å². The minimum Gasteiger partial charge on any atom is -0.378 e. The molecule has 0 radical (unpaired) electrons. The summed E-state index contributed by atoms with van der Waals surface area (Å²) in [5.41, 5.74) is 6.50. The summed E-state index contributed by atoms with van der Waals surface area (Å²) >= 11 is 0. The number of nitrogens with zero attached hydrogens (tertiary/aromatic N) is 2. The van der Waals surface area contributed by atoms with E-state index >= 15 is 0 Å².